The first-order chi connectivity index (χ1) is 10.1. The summed E-state index contributed by atoms with van der Waals surface area (Å²) in [5.74, 6) is 0.118. The number of nitrogens with one attached hydrogen (secondary N) is 1. The van der Waals surface area contributed by atoms with Crippen LogP contribution in [0.2, 0.25) is 5.02 Å². The average molecular weight is 309 g/mol. The molecule has 0 saturated heterocycles. The molecule has 21 heavy (non-hydrogen) atoms. The van der Waals surface area contributed by atoms with E-state index in [1.807, 2.05) is 6.07 Å². The molecule has 2 aromatic rings. The molecule has 0 spiro atoms. The summed E-state index contributed by atoms with van der Waals surface area (Å²) in [6.07, 6.45) is 0. The molecule has 0 heterocycles. The standard InChI is InChI=1S/C15H11ClF2N2O/c16-14-6-3-12(7-11(14)8-19)20-9-10-1-4-13(5-2-10)21-15(17)18/h1-7,15,20H,9H2. The third-order valence-electron chi connectivity index (χ3n) is 2.73. The molecule has 2 rings (SSSR count). The van der Waals surface area contributed by atoms with Crippen LogP contribution in [0, 0.1) is 11.3 Å². The predicted molar refractivity (Wildman–Crippen MR) is 76.6 cm³/mol. The summed E-state index contributed by atoms with van der Waals surface area (Å²) >= 11 is 5.85. The first-order valence-corrected chi connectivity index (χ1v) is 6.43. The molecule has 0 bridgehead atoms. The summed E-state index contributed by atoms with van der Waals surface area (Å²) in [5.41, 5.74) is 2.04. The van der Waals surface area contributed by atoms with Gasteiger partial charge in [0.15, 0.2) is 0 Å². The van der Waals surface area contributed by atoms with Crippen LogP contribution in [-0.4, -0.2) is 6.61 Å². The maximum atomic E-state index is 12.0. The Kier molecular flexibility index (Phi) is 4.96. The molecule has 0 saturated carbocycles. The molecule has 108 valence electrons. The Morgan fingerprint density at radius 1 is 1.19 bits per heavy atom. The van der Waals surface area contributed by atoms with Crippen molar-refractivity contribution in [3.05, 3.63) is 58.6 Å². The number of rotatable bonds is 5. The molecule has 0 aliphatic carbocycles. The zero-order valence-corrected chi connectivity index (χ0v) is 11.6. The number of benzene rings is 2. The second-order valence-corrected chi connectivity index (χ2v) is 4.59. The highest BCUT2D eigenvalue weighted by Gasteiger charge is 2.04. The molecular formula is C15H11ClF2N2O. The summed E-state index contributed by atoms with van der Waals surface area (Å²) in [7, 11) is 0. The van der Waals surface area contributed by atoms with Gasteiger partial charge >= 0.3 is 6.61 Å². The monoisotopic (exact) mass is 308 g/mol. The molecule has 0 fully saturated rings. The van der Waals surface area contributed by atoms with Gasteiger partial charge in [-0.05, 0) is 35.9 Å². The van der Waals surface area contributed by atoms with Gasteiger partial charge in [0, 0.05) is 12.2 Å². The normalized spacial score (nSPS) is 10.2. The predicted octanol–water partition coefficient (Wildman–Crippen LogP) is 4.43. The second-order valence-electron chi connectivity index (χ2n) is 4.18. The van der Waals surface area contributed by atoms with E-state index in [1.165, 1.54) is 12.1 Å². The van der Waals surface area contributed by atoms with Gasteiger partial charge < -0.3 is 10.1 Å². The summed E-state index contributed by atoms with van der Waals surface area (Å²) in [5, 5.41) is 12.4. The van der Waals surface area contributed by atoms with Gasteiger partial charge in [-0.2, -0.15) is 14.0 Å². The Balaban J connectivity index is 1.98. The number of anilines is 1. The fourth-order valence-electron chi connectivity index (χ4n) is 1.71. The first-order valence-electron chi connectivity index (χ1n) is 6.06. The van der Waals surface area contributed by atoms with Gasteiger partial charge in [-0.1, -0.05) is 23.7 Å². The van der Waals surface area contributed by atoms with Crippen molar-refractivity contribution in [1.29, 1.82) is 5.26 Å². The lowest BCUT2D eigenvalue weighted by molar-refractivity contribution is -0.0498. The highest BCUT2D eigenvalue weighted by Crippen LogP contribution is 2.21. The summed E-state index contributed by atoms with van der Waals surface area (Å²) in [6, 6.07) is 13.4. The van der Waals surface area contributed by atoms with Crippen molar-refractivity contribution in [2.45, 2.75) is 13.2 Å². The molecule has 0 aromatic heterocycles. The maximum absolute atomic E-state index is 12.0. The van der Waals surface area contributed by atoms with Crippen LogP contribution in [0.25, 0.3) is 0 Å². The summed E-state index contributed by atoms with van der Waals surface area (Å²) in [6.45, 7) is -2.34. The first kappa shape index (κ1) is 15.1. The Morgan fingerprint density at radius 3 is 2.52 bits per heavy atom. The molecule has 2 aromatic carbocycles. The van der Waals surface area contributed by atoms with Crippen LogP contribution in [-0.2, 0) is 6.54 Å². The molecule has 0 aliphatic rings. The molecule has 0 amide bonds. The van der Waals surface area contributed by atoms with E-state index in [-0.39, 0.29) is 5.75 Å². The van der Waals surface area contributed by atoms with Crippen LogP contribution < -0.4 is 10.1 Å². The van der Waals surface area contributed by atoms with E-state index in [0.717, 1.165) is 11.3 Å². The van der Waals surface area contributed by atoms with Gasteiger partial charge in [0.25, 0.3) is 0 Å². The highest BCUT2D eigenvalue weighted by molar-refractivity contribution is 6.31. The minimum absolute atomic E-state index is 0.118. The maximum Gasteiger partial charge on any atom is 0.387 e. The van der Waals surface area contributed by atoms with E-state index in [4.69, 9.17) is 16.9 Å². The van der Waals surface area contributed by atoms with E-state index < -0.39 is 6.61 Å². The lowest BCUT2D eigenvalue weighted by Crippen LogP contribution is -2.03. The van der Waals surface area contributed by atoms with Crippen LogP contribution in [0.4, 0.5) is 14.5 Å². The number of hydrogen-bond acceptors (Lipinski definition) is 3. The Hall–Kier alpha value is -2.32. The van der Waals surface area contributed by atoms with E-state index in [2.05, 4.69) is 10.1 Å². The van der Waals surface area contributed by atoms with Crippen LogP contribution in [0.5, 0.6) is 5.75 Å². The fraction of sp³-hybridized carbons (Fsp3) is 0.133. The number of halogens is 3. The SMILES string of the molecule is N#Cc1cc(NCc2ccc(OC(F)F)cc2)ccc1Cl. The van der Waals surface area contributed by atoms with Crippen LogP contribution in [0.15, 0.2) is 42.5 Å². The summed E-state index contributed by atoms with van der Waals surface area (Å²) in [4.78, 5) is 0. The number of hydrogen-bond donors (Lipinski definition) is 1. The van der Waals surface area contributed by atoms with Crippen molar-refractivity contribution in [3.8, 4) is 11.8 Å². The lowest BCUT2D eigenvalue weighted by Gasteiger charge is -2.09. The Bertz CT molecular complexity index is 654. The number of nitriles is 1. The van der Waals surface area contributed by atoms with Crippen molar-refractivity contribution in [1.82, 2.24) is 0 Å². The van der Waals surface area contributed by atoms with Gasteiger partial charge in [-0.15, -0.1) is 0 Å². The van der Waals surface area contributed by atoms with Gasteiger partial charge in [0.05, 0.1) is 10.6 Å². The molecule has 0 radical (unpaired) electrons. The minimum atomic E-state index is -2.83. The van der Waals surface area contributed by atoms with Gasteiger partial charge in [0.2, 0.25) is 0 Å². The van der Waals surface area contributed by atoms with E-state index in [0.29, 0.717) is 17.1 Å². The molecule has 0 unspecified atom stereocenters. The largest absolute Gasteiger partial charge is 0.435 e. The molecular weight excluding hydrogens is 298 g/mol. The van der Waals surface area contributed by atoms with Crippen LogP contribution in [0.1, 0.15) is 11.1 Å². The fourth-order valence-corrected chi connectivity index (χ4v) is 1.87. The van der Waals surface area contributed by atoms with Gasteiger partial charge in [-0.3, -0.25) is 0 Å². The van der Waals surface area contributed by atoms with Crippen molar-refractivity contribution in [2.24, 2.45) is 0 Å². The van der Waals surface area contributed by atoms with E-state index in [1.54, 1.807) is 30.3 Å². The van der Waals surface area contributed by atoms with Gasteiger partial charge in [-0.25, -0.2) is 0 Å². The molecule has 1 N–H and O–H groups in total. The van der Waals surface area contributed by atoms with Crippen molar-refractivity contribution in [3.63, 3.8) is 0 Å². The quantitative estimate of drug-likeness (QED) is 0.889. The third-order valence-corrected chi connectivity index (χ3v) is 3.06. The highest BCUT2D eigenvalue weighted by atomic mass is 35.5. The second kappa shape index (κ2) is 6.91. The van der Waals surface area contributed by atoms with Crippen LogP contribution in [0.3, 0.4) is 0 Å². The molecule has 3 nitrogen and oxygen atoms in total. The molecule has 0 aliphatic heterocycles. The number of ether oxygens (including phenoxy) is 1. The van der Waals surface area contributed by atoms with Gasteiger partial charge in [0.1, 0.15) is 11.8 Å². The summed E-state index contributed by atoms with van der Waals surface area (Å²) < 4.78 is 28.3. The Labute approximate surface area is 125 Å². The number of nitrogens with zero attached hydrogens (tertiary/aromatic N) is 1. The minimum Gasteiger partial charge on any atom is -0.435 e. The molecule has 6 heteroatoms. The van der Waals surface area contributed by atoms with E-state index in [9.17, 15) is 8.78 Å². The average Bonchev–Trinajstić information content (AvgIpc) is 2.47. The van der Waals surface area contributed by atoms with Crippen molar-refractivity contribution < 1.29 is 13.5 Å². The van der Waals surface area contributed by atoms with Crippen molar-refractivity contribution in [2.75, 3.05) is 5.32 Å². The number of alkyl halides is 2. The van der Waals surface area contributed by atoms with E-state index >= 15 is 0 Å². The van der Waals surface area contributed by atoms with Crippen LogP contribution >= 0.6 is 11.6 Å². The third kappa shape index (κ3) is 4.33. The zero-order chi connectivity index (χ0) is 15.2. The van der Waals surface area contributed by atoms with Crippen molar-refractivity contribution >= 4 is 17.3 Å². The topological polar surface area (TPSA) is 45.0 Å². The smallest absolute Gasteiger partial charge is 0.387 e. The zero-order valence-electron chi connectivity index (χ0n) is 10.8. The molecule has 0 atom stereocenters. The Morgan fingerprint density at radius 2 is 1.90 bits per heavy atom. The lowest BCUT2D eigenvalue weighted by atomic mass is 10.2.